The molecular formula is C24H29N3O4. The van der Waals surface area contributed by atoms with Crippen molar-refractivity contribution in [2.24, 2.45) is 0 Å². The average molecular weight is 424 g/mol. The van der Waals surface area contributed by atoms with Gasteiger partial charge in [-0.3, -0.25) is 9.59 Å². The summed E-state index contributed by atoms with van der Waals surface area (Å²) in [5, 5.41) is 3.76. The maximum absolute atomic E-state index is 13.0. The molecule has 2 amide bonds. The molecular weight excluding hydrogens is 394 g/mol. The van der Waals surface area contributed by atoms with Crippen molar-refractivity contribution in [1.29, 1.82) is 0 Å². The van der Waals surface area contributed by atoms with Crippen molar-refractivity contribution < 1.29 is 18.7 Å². The third-order valence-corrected chi connectivity index (χ3v) is 5.91. The molecule has 4 rings (SSSR count). The molecule has 1 aromatic carbocycles. The molecule has 7 heteroatoms. The Hall–Kier alpha value is -3.22. The van der Waals surface area contributed by atoms with Gasteiger partial charge in [0.1, 0.15) is 11.5 Å². The standard InChI is InChI=1S/C24H29N3O4/c1-3-27-17(2)23(24(29)25-15-19-8-7-13-30-19)20-14-18(9-10-21(20)27)31-16-22(28)26-11-5-4-6-12-26/h7-10,13-14H,3-6,11-12,15-16H2,1-2H3,(H,25,29). The summed E-state index contributed by atoms with van der Waals surface area (Å²) in [5.74, 6) is 1.14. The summed E-state index contributed by atoms with van der Waals surface area (Å²) in [5.41, 5.74) is 2.49. The molecule has 7 nitrogen and oxygen atoms in total. The molecule has 0 unspecified atom stereocenters. The Morgan fingerprint density at radius 1 is 1.16 bits per heavy atom. The Labute approximate surface area is 182 Å². The molecule has 3 heterocycles. The smallest absolute Gasteiger partial charge is 0.260 e. The number of hydrogen-bond donors (Lipinski definition) is 1. The van der Waals surface area contributed by atoms with E-state index in [4.69, 9.17) is 9.15 Å². The number of fused-ring (bicyclic) bond motifs is 1. The Morgan fingerprint density at radius 2 is 1.97 bits per heavy atom. The van der Waals surface area contributed by atoms with Crippen molar-refractivity contribution in [3.05, 3.63) is 53.6 Å². The second kappa shape index (κ2) is 9.29. The second-order valence-corrected chi connectivity index (χ2v) is 7.88. The molecule has 3 aromatic rings. The van der Waals surface area contributed by atoms with Gasteiger partial charge in [-0.15, -0.1) is 0 Å². The number of furan rings is 1. The van der Waals surface area contributed by atoms with Crippen LogP contribution in [-0.4, -0.2) is 41.0 Å². The van der Waals surface area contributed by atoms with Gasteiger partial charge in [-0.05, 0) is 63.4 Å². The predicted molar refractivity (Wildman–Crippen MR) is 118 cm³/mol. The molecule has 0 aliphatic carbocycles. The Bertz CT molecular complexity index is 1060. The van der Waals surface area contributed by atoms with E-state index >= 15 is 0 Å². The van der Waals surface area contributed by atoms with E-state index < -0.39 is 0 Å². The van der Waals surface area contributed by atoms with Gasteiger partial charge in [-0.1, -0.05) is 0 Å². The van der Waals surface area contributed by atoms with Crippen LogP contribution < -0.4 is 10.1 Å². The van der Waals surface area contributed by atoms with Gasteiger partial charge in [0.05, 0.1) is 18.4 Å². The highest BCUT2D eigenvalue weighted by molar-refractivity contribution is 6.08. The van der Waals surface area contributed by atoms with Gasteiger partial charge in [0.25, 0.3) is 11.8 Å². The highest BCUT2D eigenvalue weighted by atomic mass is 16.5. The van der Waals surface area contributed by atoms with Crippen LogP contribution in [0, 0.1) is 6.92 Å². The van der Waals surface area contributed by atoms with Crippen molar-refractivity contribution in [1.82, 2.24) is 14.8 Å². The van der Waals surface area contributed by atoms with Gasteiger partial charge >= 0.3 is 0 Å². The summed E-state index contributed by atoms with van der Waals surface area (Å²) < 4.78 is 13.2. The van der Waals surface area contributed by atoms with Gasteiger partial charge in [0, 0.05) is 36.2 Å². The van der Waals surface area contributed by atoms with Crippen molar-refractivity contribution in [2.75, 3.05) is 19.7 Å². The number of benzene rings is 1. The minimum absolute atomic E-state index is 0.0125. The van der Waals surface area contributed by atoms with E-state index in [1.807, 2.05) is 36.1 Å². The Balaban J connectivity index is 1.54. The number of nitrogens with zero attached hydrogens (tertiary/aromatic N) is 2. The van der Waals surface area contributed by atoms with Gasteiger partial charge in [0.2, 0.25) is 0 Å². The van der Waals surface area contributed by atoms with Crippen LogP contribution in [0.2, 0.25) is 0 Å². The van der Waals surface area contributed by atoms with Crippen LogP contribution in [0.25, 0.3) is 10.9 Å². The van der Waals surface area contributed by atoms with Gasteiger partial charge < -0.3 is 23.9 Å². The third kappa shape index (κ3) is 4.45. The van der Waals surface area contributed by atoms with Crippen LogP contribution >= 0.6 is 0 Å². The van der Waals surface area contributed by atoms with E-state index in [1.54, 1.807) is 12.3 Å². The lowest BCUT2D eigenvalue weighted by molar-refractivity contribution is -0.134. The lowest BCUT2D eigenvalue weighted by atomic mass is 10.1. The third-order valence-electron chi connectivity index (χ3n) is 5.91. The van der Waals surface area contributed by atoms with Crippen LogP contribution in [0.15, 0.2) is 41.0 Å². The van der Waals surface area contributed by atoms with Crippen LogP contribution in [0.1, 0.15) is 48.0 Å². The van der Waals surface area contributed by atoms with E-state index in [-0.39, 0.29) is 18.4 Å². The number of likely N-dealkylation sites (tertiary alicyclic amines) is 1. The molecule has 0 bridgehead atoms. The summed E-state index contributed by atoms with van der Waals surface area (Å²) in [6, 6.07) is 9.30. The van der Waals surface area contributed by atoms with Crippen LogP contribution in [0.5, 0.6) is 5.75 Å². The van der Waals surface area contributed by atoms with Crippen LogP contribution in [-0.2, 0) is 17.9 Å². The van der Waals surface area contributed by atoms with Crippen LogP contribution in [0.4, 0.5) is 0 Å². The number of amides is 2. The number of nitrogens with one attached hydrogen (secondary N) is 1. The summed E-state index contributed by atoms with van der Waals surface area (Å²) in [7, 11) is 0. The Morgan fingerprint density at radius 3 is 2.68 bits per heavy atom. The fourth-order valence-electron chi connectivity index (χ4n) is 4.29. The molecule has 0 spiro atoms. The number of aromatic nitrogens is 1. The van der Waals surface area contributed by atoms with Crippen LogP contribution in [0.3, 0.4) is 0 Å². The van der Waals surface area contributed by atoms with E-state index in [0.29, 0.717) is 23.6 Å². The zero-order valence-corrected chi connectivity index (χ0v) is 18.1. The summed E-state index contributed by atoms with van der Waals surface area (Å²) >= 11 is 0. The molecule has 0 atom stereocenters. The number of piperidine rings is 1. The largest absolute Gasteiger partial charge is 0.484 e. The minimum atomic E-state index is -0.160. The molecule has 0 radical (unpaired) electrons. The first kappa shape index (κ1) is 21.0. The summed E-state index contributed by atoms with van der Waals surface area (Å²) in [4.78, 5) is 27.3. The highest BCUT2D eigenvalue weighted by Crippen LogP contribution is 2.29. The SMILES string of the molecule is CCn1c(C)c(C(=O)NCc2ccco2)c2cc(OCC(=O)N3CCCCC3)ccc21. The maximum Gasteiger partial charge on any atom is 0.260 e. The van der Waals surface area contributed by atoms with E-state index in [0.717, 1.165) is 49.1 Å². The van der Waals surface area contributed by atoms with Gasteiger partial charge in [-0.2, -0.15) is 0 Å². The van der Waals surface area contributed by atoms with Crippen molar-refractivity contribution in [3.8, 4) is 5.75 Å². The molecule has 31 heavy (non-hydrogen) atoms. The molecule has 1 fully saturated rings. The molecule has 1 aliphatic rings. The molecule has 0 saturated carbocycles. The highest BCUT2D eigenvalue weighted by Gasteiger charge is 2.21. The summed E-state index contributed by atoms with van der Waals surface area (Å²) in [6.07, 6.45) is 4.88. The number of carbonyl (C=O) groups excluding carboxylic acids is 2. The topological polar surface area (TPSA) is 76.7 Å². The normalized spacial score (nSPS) is 14.1. The number of ether oxygens (including phenoxy) is 1. The maximum atomic E-state index is 13.0. The zero-order chi connectivity index (χ0) is 21.8. The predicted octanol–water partition coefficient (Wildman–Crippen LogP) is 3.88. The van der Waals surface area contributed by atoms with E-state index in [9.17, 15) is 9.59 Å². The Kier molecular flexibility index (Phi) is 6.30. The van der Waals surface area contributed by atoms with Crippen molar-refractivity contribution in [3.63, 3.8) is 0 Å². The van der Waals surface area contributed by atoms with Crippen molar-refractivity contribution >= 4 is 22.7 Å². The quantitative estimate of drug-likeness (QED) is 0.626. The first-order valence-electron chi connectivity index (χ1n) is 10.9. The molecule has 1 saturated heterocycles. The van der Waals surface area contributed by atoms with E-state index in [1.165, 1.54) is 6.42 Å². The number of rotatable bonds is 7. The summed E-state index contributed by atoms with van der Waals surface area (Å²) in [6.45, 7) is 6.70. The number of aryl methyl sites for hydroxylation is 1. The van der Waals surface area contributed by atoms with Gasteiger partial charge in [-0.25, -0.2) is 0 Å². The van der Waals surface area contributed by atoms with Gasteiger partial charge in [0.15, 0.2) is 6.61 Å². The molecule has 164 valence electrons. The molecule has 1 aliphatic heterocycles. The number of carbonyl (C=O) groups is 2. The molecule has 1 N–H and O–H groups in total. The fraction of sp³-hybridized carbons (Fsp3) is 0.417. The first-order chi connectivity index (χ1) is 15.1. The molecule has 2 aromatic heterocycles. The fourth-order valence-corrected chi connectivity index (χ4v) is 4.29. The average Bonchev–Trinajstić information content (AvgIpc) is 3.41. The monoisotopic (exact) mass is 423 g/mol. The zero-order valence-electron chi connectivity index (χ0n) is 18.1. The second-order valence-electron chi connectivity index (χ2n) is 7.88. The lowest BCUT2D eigenvalue weighted by Crippen LogP contribution is -2.38. The minimum Gasteiger partial charge on any atom is -0.484 e. The number of hydrogen-bond acceptors (Lipinski definition) is 4. The van der Waals surface area contributed by atoms with E-state index in [2.05, 4.69) is 16.8 Å². The first-order valence-corrected chi connectivity index (χ1v) is 10.9. The van der Waals surface area contributed by atoms with Crippen molar-refractivity contribution in [2.45, 2.75) is 46.2 Å². The lowest BCUT2D eigenvalue weighted by Gasteiger charge is -2.26.